The molecule has 0 aliphatic carbocycles. The molecular formula is C26H36N4O4S. The lowest BCUT2D eigenvalue weighted by molar-refractivity contribution is 0.0939. The first-order valence-electron chi connectivity index (χ1n) is 11.8. The maximum absolute atomic E-state index is 13.0. The molecule has 190 valence electrons. The second-order valence-electron chi connectivity index (χ2n) is 8.86. The number of hydrazine groups is 1. The maximum atomic E-state index is 13.0. The van der Waals surface area contributed by atoms with E-state index in [9.17, 15) is 4.79 Å². The summed E-state index contributed by atoms with van der Waals surface area (Å²) in [7, 11) is 4.59. The highest BCUT2D eigenvalue weighted by Crippen LogP contribution is 2.45. The van der Waals surface area contributed by atoms with Crippen molar-refractivity contribution in [3.05, 3.63) is 53.1 Å². The van der Waals surface area contributed by atoms with Crippen LogP contribution in [0.2, 0.25) is 0 Å². The van der Waals surface area contributed by atoms with Gasteiger partial charge in [-0.2, -0.15) is 0 Å². The third kappa shape index (κ3) is 6.76. The third-order valence-corrected chi connectivity index (χ3v) is 6.38. The summed E-state index contributed by atoms with van der Waals surface area (Å²) in [4.78, 5) is 15.5. The number of carbonyl (C=O) groups excluding carboxylic acids is 1. The number of methoxy groups -OCH3 is 3. The van der Waals surface area contributed by atoms with E-state index >= 15 is 0 Å². The van der Waals surface area contributed by atoms with Crippen LogP contribution < -0.4 is 30.4 Å². The van der Waals surface area contributed by atoms with Gasteiger partial charge in [0.1, 0.15) is 0 Å². The lowest BCUT2D eigenvalue weighted by Crippen LogP contribution is -2.52. The molecule has 1 amide bonds. The van der Waals surface area contributed by atoms with Crippen LogP contribution in [0, 0.1) is 0 Å². The summed E-state index contributed by atoms with van der Waals surface area (Å²) < 4.78 is 16.6. The minimum atomic E-state index is -0.383. The van der Waals surface area contributed by atoms with Crippen LogP contribution in [0.5, 0.6) is 17.2 Å². The molecule has 8 nitrogen and oxygen atoms in total. The number of hydrogen-bond donors (Lipinski definition) is 3. The summed E-state index contributed by atoms with van der Waals surface area (Å²) in [5, 5.41) is 3.69. The molecule has 0 atom stereocenters. The van der Waals surface area contributed by atoms with Crippen molar-refractivity contribution in [1.82, 2.24) is 21.1 Å². The Bertz CT molecular complexity index is 1010. The molecule has 35 heavy (non-hydrogen) atoms. The number of hydrogen-bond acceptors (Lipinski definition) is 6. The molecular weight excluding hydrogens is 464 g/mol. The fourth-order valence-electron chi connectivity index (χ4n) is 4.32. The number of piperidine rings is 1. The fraction of sp³-hybridized carbons (Fsp3) is 0.462. The Morgan fingerprint density at radius 1 is 1.00 bits per heavy atom. The monoisotopic (exact) mass is 500 g/mol. The van der Waals surface area contributed by atoms with Crippen molar-refractivity contribution in [2.24, 2.45) is 0 Å². The molecule has 1 fully saturated rings. The number of likely N-dealkylation sites (tertiary alicyclic amines) is 1. The largest absolute Gasteiger partial charge is 0.492 e. The van der Waals surface area contributed by atoms with Gasteiger partial charge in [-0.05, 0) is 42.6 Å². The van der Waals surface area contributed by atoms with E-state index in [1.54, 1.807) is 13.2 Å². The normalized spacial score (nSPS) is 14.3. The van der Waals surface area contributed by atoms with E-state index in [1.807, 2.05) is 19.9 Å². The average Bonchev–Trinajstić information content (AvgIpc) is 2.87. The van der Waals surface area contributed by atoms with Crippen molar-refractivity contribution < 1.29 is 19.0 Å². The zero-order chi connectivity index (χ0) is 25.4. The number of thiocarbonyl (C=S) groups is 1. The summed E-state index contributed by atoms with van der Waals surface area (Å²) in [6.07, 6.45) is 1.95. The molecule has 1 heterocycles. The summed E-state index contributed by atoms with van der Waals surface area (Å²) in [6.45, 7) is 6.98. The van der Waals surface area contributed by atoms with Crippen molar-refractivity contribution >= 4 is 23.2 Å². The Morgan fingerprint density at radius 3 is 2.20 bits per heavy atom. The molecule has 2 aromatic carbocycles. The Hall–Kier alpha value is -3.04. The Kier molecular flexibility index (Phi) is 9.56. The van der Waals surface area contributed by atoms with Crippen LogP contribution in [0.1, 0.15) is 54.1 Å². The van der Waals surface area contributed by atoms with Gasteiger partial charge in [-0.25, -0.2) is 0 Å². The highest BCUT2D eigenvalue weighted by Gasteiger charge is 2.26. The molecule has 0 spiro atoms. The van der Waals surface area contributed by atoms with Gasteiger partial charge in [0.05, 0.1) is 26.9 Å². The molecule has 9 heteroatoms. The van der Waals surface area contributed by atoms with Gasteiger partial charge in [-0.1, -0.05) is 44.2 Å². The first-order chi connectivity index (χ1) is 16.9. The maximum Gasteiger partial charge on any atom is 0.273 e. The molecule has 3 rings (SSSR count). The van der Waals surface area contributed by atoms with Crippen molar-refractivity contribution in [1.29, 1.82) is 0 Å². The van der Waals surface area contributed by atoms with Crippen molar-refractivity contribution in [3.63, 3.8) is 0 Å². The second kappa shape index (κ2) is 12.6. The predicted octanol–water partition coefficient (Wildman–Crippen LogP) is 3.61. The molecule has 0 unspecified atom stereocenters. The van der Waals surface area contributed by atoms with Gasteiger partial charge in [-0.15, -0.1) is 0 Å². The number of nitrogens with zero attached hydrogens (tertiary/aromatic N) is 1. The molecule has 0 aromatic heterocycles. The van der Waals surface area contributed by atoms with Gasteiger partial charge in [0.2, 0.25) is 5.75 Å². The predicted molar refractivity (Wildman–Crippen MR) is 141 cm³/mol. The zero-order valence-electron chi connectivity index (χ0n) is 21.1. The van der Waals surface area contributed by atoms with Gasteiger partial charge >= 0.3 is 0 Å². The Labute approximate surface area is 213 Å². The van der Waals surface area contributed by atoms with E-state index in [0.717, 1.165) is 38.0 Å². The minimum Gasteiger partial charge on any atom is -0.492 e. The van der Waals surface area contributed by atoms with E-state index in [-0.39, 0.29) is 17.9 Å². The van der Waals surface area contributed by atoms with Crippen LogP contribution in [0.4, 0.5) is 0 Å². The van der Waals surface area contributed by atoms with E-state index in [2.05, 4.69) is 45.3 Å². The molecule has 0 radical (unpaired) electrons. The SMILES string of the molecule is COc1c(C(=O)NNC(=S)NC2CCN(Cc3ccccc3)CC2)cc(C(C)C)c(OC)c1OC. The van der Waals surface area contributed by atoms with Crippen molar-refractivity contribution in [2.45, 2.75) is 45.2 Å². The van der Waals surface area contributed by atoms with Gasteiger partial charge in [0.15, 0.2) is 16.6 Å². The summed E-state index contributed by atoms with van der Waals surface area (Å²) in [5.41, 5.74) is 8.01. The van der Waals surface area contributed by atoms with Crippen LogP contribution in [0.25, 0.3) is 0 Å². The molecule has 0 bridgehead atoms. The summed E-state index contributed by atoms with van der Waals surface area (Å²) in [6, 6.07) is 12.5. The van der Waals surface area contributed by atoms with Gasteiger partial charge < -0.3 is 19.5 Å². The number of ether oxygens (including phenoxy) is 3. The lowest BCUT2D eigenvalue weighted by Gasteiger charge is -2.33. The number of nitrogens with one attached hydrogen (secondary N) is 3. The summed E-state index contributed by atoms with van der Waals surface area (Å²) in [5.74, 6) is 0.970. The average molecular weight is 501 g/mol. The number of benzene rings is 2. The summed E-state index contributed by atoms with van der Waals surface area (Å²) >= 11 is 5.43. The lowest BCUT2D eigenvalue weighted by atomic mass is 9.97. The Balaban J connectivity index is 1.56. The quantitative estimate of drug-likeness (QED) is 0.375. The second-order valence-corrected chi connectivity index (χ2v) is 9.26. The van der Waals surface area contributed by atoms with E-state index < -0.39 is 0 Å². The minimum absolute atomic E-state index is 0.111. The zero-order valence-corrected chi connectivity index (χ0v) is 22.0. The standard InChI is InChI=1S/C26H36N4O4S/c1-17(2)20-15-21(23(33-4)24(34-5)22(20)32-3)25(31)28-29-26(35)27-19-11-13-30(14-12-19)16-18-9-7-6-8-10-18/h6-10,15,17,19H,11-14,16H2,1-5H3,(H,28,31)(H2,27,29,35). The fourth-order valence-corrected chi connectivity index (χ4v) is 4.54. The topological polar surface area (TPSA) is 84.1 Å². The number of rotatable bonds is 8. The number of carbonyl (C=O) groups is 1. The smallest absolute Gasteiger partial charge is 0.273 e. The van der Waals surface area contributed by atoms with Crippen molar-refractivity contribution in [3.8, 4) is 17.2 Å². The van der Waals surface area contributed by atoms with Crippen LogP contribution in [-0.4, -0.2) is 56.4 Å². The van der Waals surface area contributed by atoms with Crippen LogP contribution in [0.15, 0.2) is 36.4 Å². The third-order valence-electron chi connectivity index (χ3n) is 6.16. The molecule has 1 aliphatic heterocycles. The highest BCUT2D eigenvalue weighted by molar-refractivity contribution is 7.80. The molecule has 3 N–H and O–H groups in total. The number of amides is 1. The van der Waals surface area contributed by atoms with E-state index in [1.165, 1.54) is 19.8 Å². The van der Waals surface area contributed by atoms with Crippen LogP contribution in [0.3, 0.4) is 0 Å². The first-order valence-corrected chi connectivity index (χ1v) is 12.2. The van der Waals surface area contributed by atoms with Crippen LogP contribution >= 0.6 is 12.2 Å². The van der Waals surface area contributed by atoms with E-state index in [4.69, 9.17) is 26.4 Å². The molecule has 1 aliphatic rings. The van der Waals surface area contributed by atoms with Gasteiger partial charge in [0.25, 0.3) is 5.91 Å². The van der Waals surface area contributed by atoms with Gasteiger partial charge in [-0.3, -0.25) is 20.5 Å². The highest BCUT2D eigenvalue weighted by atomic mass is 32.1. The Morgan fingerprint density at radius 2 is 1.63 bits per heavy atom. The first kappa shape index (κ1) is 26.6. The molecule has 2 aromatic rings. The van der Waals surface area contributed by atoms with Gasteiger partial charge in [0, 0.05) is 31.2 Å². The molecule has 0 saturated carbocycles. The van der Waals surface area contributed by atoms with Crippen LogP contribution in [-0.2, 0) is 6.54 Å². The van der Waals surface area contributed by atoms with E-state index in [0.29, 0.717) is 27.9 Å². The molecule has 1 saturated heterocycles. The van der Waals surface area contributed by atoms with Crippen molar-refractivity contribution in [2.75, 3.05) is 34.4 Å².